The summed E-state index contributed by atoms with van der Waals surface area (Å²) in [5, 5.41) is 3.55. The third kappa shape index (κ3) is 3.11. The van der Waals surface area contributed by atoms with Gasteiger partial charge in [0.25, 0.3) is 0 Å². The molecule has 0 aliphatic heterocycles. The Balaban J connectivity index is 1.88. The van der Waals surface area contributed by atoms with E-state index < -0.39 is 0 Å². The normalized spacial score (nSPS) is 19.7. The van der Waals surface area contributed by atoms with Gasteiger partial charge in [0.15, 0.2) is 0 Å². The molecular weight excluding hydrogens is 198 g/mol. The predicted octanol–water partition coefficient (Wildman–Crippen LogP) is 2.89. The van der Waals surface area contributed by atoms with Crippen molar-refractivity contribution in [1.29, 1.82) is 0 Å². The molecule has 0 spiro atoms. The van der Waals surface area contributed by atoms with E-state index in [1.54, 1.807) is 7.11 Å². The molecule has 86 valence electrons. The first-order valence-electron chi connectivity index (χ1n) is 5.91. The Morgan fingerprint density at radius 3 is 3.12 bits per heavy atom. The Morgan fingerprint density at radius 2 is 2.38 bits per heavy atom. The SMILES string of the molecule is COc1cccc(CNC2C=CCCC2)c1. The first-order chi connectivity index (χ1) is 7.88. The number of rotatable bonds is 4. The summed E-state index contributed by atoms with van der Waals surface area (Å²) < 4.78 is 5.20. The standard InChI is InChI=1S/C14H19NO/c1-16-14-9-5-6-12(10-14)11-15-13-7-3-2-4-8-13/h3,5-7,9-10,13,15H,2,4,8,11H2,1H3. The first kappa shape index (κ1) is 11.2. The second kappa shape index (κ2) is 5.71. The van der Waals surface area contributed by atoms with Crippen molar-refractivity contribution in [3.8, 4) is 5.75 Å². The van der Waals surface area contributed by atoms with E-state index >= 15 is 0 Å². The fourth-order valence-corrected chi connectivity index (χ4v) is 2.01. The zero-order chi connectivity index (χ0) is 11.2. The third-order valence-electron chi connectivity index (χ3n) is 2.96. The molecule has 2 rings (SSSR count). The molecule has 0 aromatic heterocycles. The fraction of sp³-hybridized carbons (Fsp3) is 0.429. The molecule has 1 aliphatic carbocycles. The van der Waals surface area contributed by atoms with Crippen LogP contribution in [0.15, 0.2) is 36.4 Å². The van der Waals surface area contributed by atoms with Crippen molar-refractivity contribution >= 4 is 0 Å². The average Bonchev–Trinajstić information content (AvgIpc) is 2.38. The molecule has 0 fully saturated rings. The summed E-state index contributed by atoms with van der Waals surface area (Å²) in [6, 6.07) is 8.76. The van der Waals surface area contributed by atoms with Gasteiger partial charge in [-0.2, -0.15) is 0 Å². The number of allylic oxidation sites excluding steroid dienone is 1. The topological polar surface area (TPSA) is 21.3 Å². The lowest BCUT2D eigenvalue weighted by Crippen LogP contribution is -2.27. The van der Waals surface area contributed by atoms with Crippen molar-refractivity contribution < 1.29 is 4.74 Å². The van der Waals surface area contributed by atoms with Crippen molar-refractivity contribution in [3.63, 3.8) is 0 Å². The molecule has 1 N–H and O–H groups in total. The zero-order valence-electron chi connectivity index (χ0n) is 9.78. The minimum absolute atomic E-state index is 0.542. The van der Waals surface area contributed by atoms with Crippen molar-refractivity contribution in [3.05, 3.63) is 42.0 Å². The number of ether oxygens (including phenoxy) is 1. The number of nitrogens with one attached hydrogen (secondary N) is 1. The molecule has 0 saturated carbocycles. The lowest BCUT2D eigenvalue weighted by atomic mass is 10.0. The van der Waals surface area contributed by atoms with E-state index in [1.165, 1.54) is 24.8 Å². The van der Waals surface area contributed by atoms with Crippen LogP contribution in [0.2, 0.25) is 0 Å². The van der Waals surface area contributed by atoms with Crippen molar-refractivity contribution in [2.75, 3.05) is 7.11 Å². The highest BCUT2D eigenvalue weighted by Crippen LogP contribution is 2.14. The number of hydrogen-bond donors (Lipinski definition) is 1. The zero-order valence-corrected chi connectivity index (χ0v) is 9.78. The van der Waals surface area contributed by atoms with Crippen LogP contribution < -0.4 is 10.1 Å². The van der Waals surface area contributed by atoms with E-state index in [2.05, 4.69) is 29.6 Å². The quantitative estimate of drug-likeness (QED) is 0.783. The summed E-state index contributed by atoms with van der Waals surface area (Å²) in [5.74, 6) is 0.929. The van der Waals surface area contributed by atoms with Gasteiger partial charge in [-0.3, -0.25) is 0 Å². The van der Waals surface area contributed by atoms with Crippen LogP contribution in [0, 0.1) is 0 Å². The van der Waals surface area contributed by atoms with Crippen LogP contribution >= 0.6 is 0 Å². The summed E-state index contributed by atoms with van der Waals surface area (Å²) in [7, 11) is 1.70. The summed E-state index contributed by atoms with van der Waals surface area (Å²) >= 11 is 0. The molecular formula is C14H19NO. The maximum absolute atomic E-state index is 5.20. The van der Waals surface area contributed by atoms with Crippen LogP contribution in [0.1, 0.15) is 24.8 Å². The van der Waals surface area contributed by atoms with Gasteiger partial charge in [-0.05, 0) is 37.0 Å². The second-order valence-corrected chi connectivity index (χ2v) is 4.20. The van der Waals surface area contributed by atoms with Gasteiger partial charge in [-0.25, -0.2) is 0 Å². The Bertz CT molecular complexity index is 360. The van der Waals surface area contributed by atoms with Gasteiger partial charge >= 0.3 is 0 Å². The molecule has 0 amide bonds. The average molecular weight is 217 g/mol. The van der Waals surface area contributed by atoms with Gasteiger partial charge < -0.3 is 10.1 Å². The maximum atomic E-state index is 5.20. The van der Waals surface area contributed by atoms with Crippen LogP contribution in [0.5, 0.6) is 5.75 Å². The molecule has 1 unspecified atom stereocenters. The highest BCUT2D eigenvalue weighted by atomic mass is 16.5. The monoisotopic (exact) mass is 217 g/mol. The van der Waals surface area contributed by atoms with Crippen LogP contribution in [0.25, 0.3) is 0 Å². The van der Waals surface area contributed by atoms with E-state index in [4.69, 9.17) is 4.74 Å². The smallest absolute Gasteiger partial charge is 0.119 e. The van der Waals surface area contributed by atoms with Crippen molar-refractivity contribution in [2.45, 2.75) is 31.8 Å². The summed E-state index contributed by atoms with van der Waals surface area (Å²) in [4.78, 5) is 0. The Hall–Kier alpha value is -1.28. The largest absolute Gasteiger partial charge is 0.497 e. The van der Waals surface area contributed by atoms with Gasteiger partial charge in [0, 0.05) is 12.6 Å². The summed E-state index contributed by atoms with van der Waals surface area (Å²) in [5.41, 5.74) is 1.28. The Labute approximate surface area is 97.3 Å². The van der Waals surface area contributed by atoms with E-state index in [0.29, 0.717) is 6.04 Å². The first-order valence-corrected chi connectivity index (χ1v) is 5.91. The van der Waals surface area contributed by atoms with Gasteiger partial charge in [0.2, 0.25) is 0 Å². The lowest BCUT2D eigenvalue weighted by molar-refractivity contribution is 0.413. The molecule has 1 aromatic carbocycles. The van der Waals surface area contributed by atoms with Crippen molar-refractivity contribution in [1.82, 2.24) is 5.32 Å². The molecule has 0 bridgehead atoms. The van der Waals surface area contributed by atoms with Crippen molar-refractivity contribution in [2.24, 2.45) is 0 Å². The molecule has 0 heterocycles. The van der Waals surface area contributed by atoms with Crippen LogP contribution in [0.4, 0.5) is 0 Å². The minimum atomic E-state index is 0.542. The molecule has 1 atom stereocenters. The van der Waals surface area contributed by atoms with E-state index in [0.717, 1.165) is 12.3 Å². The molecule has 2 nitrogen and oxygen atoms in total. The van der Waals surface area contributed by atoms with Crippen LogP contribution in [-0.4, -0.2) is 13.2 Å². The van der Waals surface area contributed by atoms with E-state index in [1.807, 2.05) is 12.1 Å². The van der Waals surface area contributed by atoms with Gasteiger partial charge in [0.1, 0.15) is 5.75 Å². The van der Waals surface area contributed by atoms with Gasteiger partial charge in [-0.15, -0.1) is 0 Å². The van der Waals surface area contributed by atoms with E-state index in [-0.39, 0.29) is 0 Å². The Kier molecular flexibility index (Phi) is 4.00. The molecule has 0 radical (unpaired) electrons. The minimum Gasteiger partial charge on any atom is -0.497 e. The molecule has 2 heteroatoms. The van der Waals surface area contributed by atoms with E-state index in [9.17, 15) is 0 Å². The number of benzene rings is 1. The molecule has 1 aliphatic rings. The highest BCUT2D eigenvalue weighted by Gasteiger charge is 2.07. The molecule has 16 heavy (non-hydrogen) atoms. The fourth-order valence-electron chi connectivity index (χ4n) is 2.01. The molecule has 0 saturated heterocycles. The van der Waals surface area contributed by atoms with Gasteiger partial charge in [-0.1, -0.05) is 24.3 Å². The number of methoxy groups -OCH3 is 1. The maximum Gasteiger partial charge on any atom is 0.119 e. The van der Waals surface area contributed by atoms with Crippen LogP contribution in [0.3, 0.4) is 0 Å². The Morgan fingerprint density at radius 1 is 1.44 bits per heavy atom. The predicted molar refractivity (Wildman–Crippen MR) is 66.6 cm³/mol. The summed E-state index contributed by atoms with van der Waals surface area (Å²) in [6.07, 6.45) is 8.33. The third-order valence-corrected chi connectivity index (χ3v) is 2.96. The highest BCUT2D eigenvalue weighted by molar-refractivity contribution is 5.28. The summed E-state index contributed by atoms with van der Waals surface area (Å²) in [6.45, 7) is 0.909. The molecule has 1 aromatic rings. The van der Waals surface area contributed by atoms with Crippen LogP contribution in [-0.2, 0) is 6.54 Å². The van der Waals surface area contributed by atoms with Gasteiger partial charge in [0.05, 0.1) is 7.11 Å². The lowest BCUT2D eigenvalue weighted by Gasteiger charge is -2.18. The second-order valence-electron chi connectivity index (χ2n) is 4.20. The number of hydrogen-bond acceptors (Lipinski definition) is 2.